The van der Waals surface area contributed by atoms with Crippen molar-refractivity contribution in [1.29, 1.82) is 0 Å². The molecule has 0 aliphatic heterocycles. The second-order valence-electron chi connectivity index (χ2n) is 5.60. The second kappa shape index (κ2) is 9.28. The van der Waals surface area contributed by atoms with Crippen LogP contribution in [0, 0.1) is 5.82 Å². The number of aliphatic hydroxyl groups is 1. The zero-order valence-electron chi connectivity index (χ0n) is 13.5. The van der Waals surface area contributed by atoms with Gasteiger partial charge in [-0.15, -0.1) is 0 Å². The van der Waals surface area contributed by atoms with E-state index in [-0.39, 0.29) is 12.4 Å². The van der Waals surface area contributed by atoms with E-state index in [1.165, 1.54) is 6.07 Å². The minimum atomic E-state index is -0.617. The van der Waals surface area contributed by atoms with Crippen molar-refractivity contribution in [3.63, 3.8) is 0 Å². The predicted octanol–water partition coefficient (Wildman–Crippen LogP) is 3.48. The standard InChI is InChI=1S/C19H24FNO2/c1-2-12-21(13-16-8-6-7-11-19(16)20)14-17(22)15-23-18-9-4-3-5-10-18/h3-11,17,22H,2,12-15H2,1H3/t17-/m1/s1. The van der Waals surface area contributed by atoms with Gasteiger partial charge in [-0.25, -0.2) is 4.39 Å². The van der Waals surface area contributed by atoms with Crippen molar-refractivity contribution < 1.29 is 14.2 Å². The molecule has 4 heteroatoms. The Hall–Kier alpha value is -1.91. The highest BCUT2D eigenvalue weighted by Crippen LogP contribution is 2.12. The third-order valence-electron chi connectivity index (χ3n) is 3.55. The lowest BCUT2D eigenvalue weighted by molar-refractivity contribution is 0.0652. The summed E-state index contributed by atoms with van der Waals surface area (Å²) in [5.41, 5.74) is 0.650. The smallest absolute Gasteiger partial charge is 0.127 e. The summed E-state index contributed by atoms with van der Waals surface area (Å²) in [6.07, 6.45) is 0.328. The van der Waals surface area contributed by atoms with Crippen molar-refractivity contribution in [3.8, 4) is 5.75 Å². The van der Waals surface area contributed by atoms with E-state index in [2.05, 4.69) is 11.8 Å². The fraction of sp³-hybridized carbons (Fsp3) is 0.368. The Morgan fingerprint density at radius 2 is 1.78 bits per heavy atom. The fourth-order valence-electron chi connectivity index (χ4n) is 2.48. The Bertz CT molecular complexity index is 577. The van der Waals surface area contributed by atoms with E-state index < -0.39 is 6.10 Å². The average Bonchev–Trinajstić information content (AvgIpc) is 2.56. The van der Waals surface area contributed by atoms with Crippen LogP contribution in [0.1, 0.15) is 18.9 Å². The van der Waals surface area contributed by atoms with Crippen LogP contribution in [0.25, 0.3) is 0 Å². The number of hydrogen-bond acceptors (Lipinski definition) is 3. The first kappa shape index (κ1) is 17.4. The van der Waals surface area contributed by atoms with Crippen molar-refractivity contribution in [2.45, 2.75) is 26.0 Å². The van der Waals surface area contributed by atoms with Crippen LogP contribution >= 0.6 is 0 Å². The van der Waals surface area contributed by atoms with Crippen LogP contribution in [-0.4, -0.2) is 35.8 Å². The zero-order chi connectivity index (χ0) is 16.5. The Morgan fingerprint density at radius 3 is 2.48 bits per heavy atom. The SMILES string of the molecule is CCCN(Cc1ccccc1F)C[C@@H](O)COc1ccccc1. The molecule has 2 rings (SSSR count). The molecule has 0 saturated carbocycles. The highest BCUT2D eigenvalue weighted by molar-refractivity contribution is 5.21. The highest BCUT2D eigenvalue weighted by Gasteiger charge is 2.14. The minimum Gasteiger partial charge on any atom is -0.491 e. The van der Waals surface area contributed by atoms with E-state index in [1.54, 1.807) is 12.1 Å². The number of halogens is 1. The van der Waals surface area contributed by atoms with Crippen LogP contribution in [0.2, 0.25) is 0 Å². The molecule has 0 heterocycles. The van der Waals surface area contributed by atoms with Crippen LogP contribution in [-0.2, 0) is 6.54 Å². The number of para-hydroxylation sites is 1. The topological polar surface area (TPSA) is 32.7 Å². The number of rotatable bonds is 9. The Labute approximate surface area is 137 Å². The van der Waals surface area contributed by atoms with Gasteiger partial charge in [0.05, 0.1) is 0 Å². The van der Waals surface area contributed by atoms with Crippen LogP contribution in [0.4, 0.5) is 4.39 Å². The molecule has 0 fully saturated rings. The molecule has 124 valence electrons. The Morgan fingerprint density at radius 1 is 1.09 bits per heavy atom. The van der Waals surface area contributed by atoms with Crippen molar-refractivity contribution >= 4 is 0 Å². The zero-order valence-corrected chi connectivity index (χ0v) is 13.5. The van der Waals surface area contributed by atoms with Crippen LogP contribution < -0.4 is 4.74 Å². The highest BCUT2D eigenvalue weighted by atomic mass is 19.1. The number of hydrogen-bond donors (Lipinski definition) is 1. The molecule has 0 aliphatic rings. The maximum atomic E-state index is 13.8. The number of aliphatic hydroxyl groups excluding tert-OH is 1. The lowest BCUT2D eigenvalue weighted by Gasteiger charge is -2.25. The molecule has 0 bridgehead atoms. The third-order valence-corrected chi connectivity index (χ3v) is 3.55. The van der Waals surface area contributed by atoms with Gasteiger partial charge < -0.3 is 9.84 Å². The molecule has 0 aromatic heterocycles. The van der Waals surface area contributed by atoms with Gasteiger partial charge in [0.2, 0.25) is 0 Å². The summed E-state index contributed by atoms with van der Waals surface area (Å²) in [5, 5.41) is 10.2. The van der Waals surface area contributed by atoms with Gasteiger partial charge in [-0.1, -0.05) is 43.3 Å². The maximum Gasteiger partial charge on any atom is 0.127 e. The molecular weight excluding hydrogens is 293 g/mol. The monoisotopic (exact) mass is 317 g/mol. The summed E-state index contributed by atoms with van der Waals surface area (Å²) in [4.78, 5) is 2.05. The van der Waals surface area contributed by atoms with Crippen molar-refractivity contribution in [2.75, 3.05) is 19.7 Å². The summed E-state index contributed by atoms with van der Waals surface area (Å²) >= 11 is 0. The largest absolute Gasteiger partial charge is 0.491 e. The summed E-state index contributed by atoms with van der Waals surface area (Å²) < 4.78 is 19.4. The van der Waals surface area contributed by atoms with E-state index in [4.69, 9.17) is 4.74 Å². The van der Waals surface area contributed by atoms with Crippen molar-refractivity contribution in [1.82, 2.24) is 4.90 Å². The molecule has 3 nitrogen and oxygen atoms in total. The quantitative estimate of drug-likeness (QED) is 0.768. The molecule has 1 atom stereocenters. The Balaban J connectivity index is 1.87. The van der Waals surface area contributed by atoms with E-state index in [0.29, 0.717) is 18.7 Å². The molecule has 23 heavy (non-hydrogen) atoms. The third kappa shape index (κ3) is 6.00. The average molecular weight is 317 g/mol. The van der Waals surface area contributed by atoms with Crippen molar-refractivity contribution in [2.24, 2.45) is 0 Å². The van der Waals surface area contributed by atoms with Gasteiger partial charge in [0.1, 0.15) is 24.3 Å². The van der Waals surface area contributed by atoms with E-state index in [1.807, 2.05) is 36.4 Å². The minimum absolute atomic E-state index is 0.205. The van der Waals surface area contributed by atoms with Crippen molar-refractivity contribution in [3.05, 3.63) is 66.0 Å². The van der Waals surface area contributed by atoms with E-state index >= 15 is 0 Å². The fourth-order valence-corrected chi connectivity index (χ4v) is 2.48. The summed E-state index contributed by atoms with van der Waals surface area (Å²) in [6, 6.07) is 16.2. The second-order valence-corrected chi connectivity index (χ2v) is 5.60. The van der Waals surface area contributed by atoms with Gasteiger partial charge in [-0.3, -0.25) is 4.90 Å². The molecule has 0 spiro atoms. The molecule has 0 aliphatic carbocycles. The predicted molar refractivity (Wildman–Crippen MR) is 89.9 cm³/mol. The van der Waals surface area contributed by atoms with Gasteiger partial charge in [0.15, 0.2) is 0 Å². The van der Waals surface area contributed by atoms with Gasteiger partial charge in [-0.05, 0) is 31.2 Å². The normalized spacial score (nSPS) is 12.3. The molecule has 2 aromatic rings. The van der Waals surface area contributed by atoms with E-state index in [9.17, 15) is 9.50 Å². The first-order valence-corrected chi connectivity index (χ1v) is 8.00. The molecule has 0 unspecified atom stereocenters. The molecule has 0 radical (unpaired) electrons. The van der Waals surface area contributed by atoms with Crippen LogP contribution in [0.3, 0.4) is 0 Å². The Kier molecular flexibility index (Phi) is 7.04. The molecule has 0 saturated heterocycles. The number of ether oxygens (including phenoxy) is 1. The molecule has 2 aromatic carbocycles. The summed E-state index contributed by atoms with van der Waals surface area (Å²) in [6.45, 7) is 4.04. The lowest BCUT2D eigenvalue weighted by Crippen LogP contribution is -2.36. The molecular formula is C19H24FNO2. The van der Waals surface area contributed by atoms with Gasteiger partial charge >= 0.3 is 0 Å². The van der Waals surface area contributed by atoms with Crippen LogP contribution in [0.5, 0.6) is 5.75 Å². The van der Waals surface area contributed by atoms with Crippen LogP contribution in [0.15, 0.2) is 54.6 Å². The number of benzene rings is 2. The maximum absolute atomic E-state index is 13.8. The van der Waals surface area contributed by atoms with Gasteiger partial charge in [0.25, 0.3) is 0 Å². The lowest BCUT2D eigenvalue weighted by atomic mass is 10.2. The summed E-state index contributed by atoms with van der Waals surface area (Å²) in [7, 11) is 0. The first-order chi connectivity index (χ1) is 11.2. The van der Waals surface area contributed by atoms with E-state index in [0.717, 1.165) is 18.7 Å². The van der Waals surface area contributed by atoms with Gasteiger partial charge in [-0.2, -0.15) is 0 Å². The first-order valence-electron chi connectivity index (χ1n) is 8.00. The molecule has 0 amide bonds. The summed E-state index contributed by atoms with van der Waals surface area (Å²) in [5.74, 6) is 0.534. The number of nitrogens with zero attached hydrogens (tertiary/aromatic N) is 1. The van der Waals surface area contributed by atoms with Gasteiger partial charge in [0, 0.05) is 18.7 Å². The molecule has 1 N–H and O–H groups in total.